The van der Waals surface area contributed by atoms with Crippen LogP contribution in [0.4, 0.5) is 13.2 Å². The molecule has 0 aliphatic heterocycles. The third-order valence-electron chi connectivity index (χ3n) is 4.81. The van der Waals surface area contributed by atoms with Crippen LogP contribution in [0.5, 0.6) is 0 Å². The molecule has 2 heterocycles. The lowest BCUT2D eigenvalue weighted by atomic mass is 9.86. The number of hydrogen-bond donors (Lipinski definition) is 0. The molecule has 8 heteroatoms. The summed E-state index contributed by atoms with van der Waals surface area (Å²) in [7, 11) is 0. The number of fused-ring (bicyclic) bond motifs is 1. The van der Waals surface area contributed by atoms with Crippen LogP contribution in [0, 0.1) is 6.92 Å². The molecule has 5 nitrogen and oxygen atoms in total. The number of rotatable bonds is 4. The summed E-state index contributed by atoms with van der Waals surface area (Å²) in [5, 5.41) is 4.01. The van der Waals surface area contributed by atoms with E-state index in [4.69, 9.17) is 4.74 Å². The molecule has 0 unspecified atom stereocenters. The van der Waals surface area contributed by atoms with E-state index in [0.717, 1.165) is 11.6 Å². The van der Waals surface area contributed by atoms with Crippen LogP contribution in [0.1, 0.15) is 44.5 Å². The highest BCUT2D eigenvalue weighted by atomic mass is 19.4. The molecule has 0 N–H and O–H groups in total. The number of pyridine rings is 1. The molecule has 1 aromatic carbocycles. The van der Waals surface area contributed by atoms with Gasteiger partial charge in [0, 0.05) is 5.56 Å². The second-order valence-corrected chi connectivity index (χ2v) is 8.13. The molecular formula is C22H24F3N3O2. The summed E-state index contributed by atoms with van der Waals surface area (Å²) in [6, 6.07) is 8.32. The lowest BCUT2D eigenvalue weighted by Crippen LogP contribution is -2.15. The van der Waals surface area contributed by atoms with Crippen LogP contribution >= 0.6 is 0 Å². The van der Waals surface area contributed by atoms with Crippen LogP contribution in [-0.2, 0) is 27.7 Å². The zero-order valence-electron chi connectivity index (χ0n) is 17.6. The van der Waals surface area contributed by atoms with Crippen molar-refractivity contribution in [1.82, 2.24) is 14.8 Å². The van der Waals surface area contributed by atoms with Gasteiger partial charge >= 0.3 is 12.1 Å². The summed E-state index contributed by atoms with van der Waals surface area (Å²) in [5.74, 6) is -0.586. The number of hydrogen-bond acceptors (Lipinski definition) is 4. The average molecular weight is 419 g/mol. The van der Waals surface area contributed by atoms with Crippen molar-refractivity contribution < 1.29 is 22.7 Å². The second kappa shape index (κ2) is 7.74. The van der Waals surface area contributed by atoms with Crippen molar-refractivity contribution in [3.8, 4) is 11.3 Å². The Morgan fingerprint density at radius 1 is 1.13 bits per heavy atom. The van der Waals surface area contributed by atoms with E-state index in [1.165, 1.54) is 11.6 Å². The molecule has 2 aromatic heterocycles. The topological polar surface area (TPSA) is 57.0 Å². The van der Waals surface area contributed by atoms with Gasteiger partial charge in [0.05, 0.1) is 28.9 Å². The SMILES string of the molecule is CCOC(=O)Cn1nc(C)c2c(C(F)(F)F)cc(-c3ccc(C(C)(C)C)cc3)nc21. The summed E-state index contributed by atoms with van der Waals surface area (Å²) in [6.45, 7) is 9.17. The Balaban J connectivity index is 2.19. The fourth-order valence-electron chi connectivity index (χ4n) is 3.31. The number of halogens is 3. The second-order valence-electron chi connectivity index (χ2n) is 8.13. The van der Waals surface area contributed by atoms with E-state index in [1.54, 1.807) is 19.1 Å². The molecule has 3 rings (SSSR count). The van der Waals surface area contributed by atoms with Gasteiger partial charge in [0.2, 0.25) is 0 Å². The minimum absolute atomic E-state index is 0.00489. The summed E-state index contributed by atoms with van der Waals surface area (Å²) in [6.07, 6.45) is -4.59. The first-order chi connectivity index (χ1) is 13.9. The Kier molecular flexibility index (Phi) is 5.62. The van der Waals surface area contributed by atoms with Crippen molar-refractivity contribution >= 4 is 17.0 Å². The maximum absolute atomic E-state index is 13.9. The summed E-state index contributed by atoms with van der Waals surface area (Å²) >= 11 is 0. The average Bonchev–Trinajstić information content (AvgIpc) is 2.95. The number of carbonyl (C=O) groups excluding carboxylic acids is 1. The molecule has 0 atom stereocenters. The van der Waals surface area contributed by atoms with Gasteiger partial charge in [-0.05, 0) is 30.9 Å². The molecule has 0 amide bonds. The number of esters is 1. The highest BCUT2D eigenvalue weighted by Crippen LogP contribution is 2.38. The normalized spacial score (nSPS) is 12.4. The molecule has 0 fully saturated rings. The third-order valence-corrected chi connectivity index (χ3v) is 4.81. The molecule has 0 saturated carbocycles. The van der Waals surface area contributed by atoms with Crippen molar-refractivity contribution in [3.63, 3.8) is 0 Å². The molecule has 0 saturated heterocycles. The van der Waals surface area contributed by atoms with Gasteiger partial charge in [-0.25, -0.2) is 9.67 Å². The van der Waals surface area contributed by atoms with Gasteiger partial charge in [-0.1, -0.05) is 45.0 Å². The first-order valence-corrected chi connectivity index (χ1v) is 9.63. The predicted octanol–water partition coefficient (Wildman–Crippen LogP) is 5.29. The van der Waals surface area contributed by atoms with E-state index in [2.05, 4.69) is 30.9 Å². The highest BCUT2D eigenvalue weighted by molar-refractivity contribution is 5.86. The van der Waals surface area contributed by atoms with Gasteiger partial charge in [-0.2, -0.15) is 18.3 Å². The Labute approximate surface area is 172 Å². The molecular weight excluding hydrogens is 395 g/mol. The molecule has 160 valence electrons. The third kappa shape index (κ3) is 4.32. The predicted molar refractivity (Wildman–Crippen MR) is 108 cm³/mol. The van der Waals surface area contributed by atoms with E-state index < -0.39 is 17.7 Å². The van der Waals surface area contributed by atoms with Gasteiger partial charge in [0.15, 0.2) is 5.65 Å². The Hall–Kier alpha value is -2.90. The molecule has 3 aromatic rings. The van der Waals surface area contributed by atoms with Crippen molar-refractivity contribution in [2.24, 2.45) is 0 Å². The van der Waals surface area contributed by atoms with Crippen molar-refractivity contribution in [2.75, 3.05) is 6.61 Å². The number of ether oxygens (including phenoxy) is 1. The molecule has 0 radical (unpaired) electrons. The highest BCUT2D eigenvalue weighted by Gasteiger charge is 2.36. The summed E-state index contributed by atoms with van der Waals surface area (Å²) < 4.78 is 47.6. The van der Waals surface area contributed by atoms with Crippen LogP contribution in [0.2, 0.25) is 0 Å². The maximum Gasteiger partial charge on any atom is 0.417 e. The Morgan fingerprint density at radius 2 is 1.77 bits per heavy atom. The van der Waals surface area contributed by atoms with Crippen LogP contribution in [-0.4, -0.2) is 27.3 Å². The van der Waals surface area contributed by atoms with E-state index in [9.17, 15) is 18.0 Å². The minimum atomic E-state index is -4.59. The lowest BCUT2D eigenvalue weighted by molar-refractivity contribution is -0.144. The van der Waals surface area contributed by atoms with Gasteiger partial charge in [0.25, 0.3) is 0 Å². The van der Waals surface area contributed by atoms with Crippen molar-refractivity contribution in [2.45, 2.75) is 52.8 Å². The molecule has 0 bridgehead atoms. The number of benzene rings is 1. The number of aryl methyl sites for hydroxylation is 1. The van der Waals surface area contributed by atoms with Gasteiger partial charge in [-0.15, -0.1) is 0 Å². The van der Waals surface area contributed by atoms with Crippen LogP contribution in [0.15, 0.2) is 30.3 Å². The van der Waals surface area contributed by atoms with Crippen LogP contribution < -0.4 is 0 Å². The number of alkyl halides is 3. The van der Waals surface area contributed by atoms with Crippen LogP contribution in [0.3, 0.4) is 0 Å². The number of nitrogens with zero attached hydrogens (tertiary/aromatic N) is 3. The fraction of sp³-hybridized carbons (Fsp3) is 0.409. The quantitative estimate of drug-likeness (QED) is 0.540. The lowest BCUT2D eigenvalue weighted by Gasteiger charge is -2.19. The fourth-order valence-corrected chi connectivity index (χ4v) is 3.31. The first-order valence-electron chi connectivity index (χ1n) is 9.63. The van der Waals surface area contributed by atoms with E-state index >= 15 is 0 Å². The Bertz CT molecular complexity index is 1080. The zero-order valence-corrected chi connectivity index (χ0v) is 17.6. The summed E-state index contributed by atoms with van der Waals surface area (Å²) in [5.41, 5.74) is 1.04. The largest absolute Gasteiger partial charge is 0.465 e. The van der Waals surface area contributed by atoms with Gasteiger partial charge < -0.3 is 4.74 Å². The van der Waals surface area contributed by atoms with Gasteiger partial charge in [-0.3, -0.25) is 4.79 Å². The first kappa shape index (κ1) is 21.8. The minimum Gasteiger partial charge on any atom is -0.465 e. The molecule has 0 aliphatic rings. The Morgan fingerprint density at radius 3 is 2.30 bits per heavy atom. The summed E-state index contributed by atoms with van der Waals surface area (Å²) in [4.78, 5) is 16.3. The smallest absolute Gasteiger partial charge is 0.417 e. The molecule has 0 spiro atoms. The number of carbonyl (C=O) groups is 1. The van der Waals surface area contributed by atoms with Crippen LogP contribution in [0.25, 0.3) is 22.3 Å². The molecule has 0 aliphatic carbocycles. The van der Waals surface area contributed by atoms with E-state index in [-0.39, 0.29) is 41.0 Å². The van der Waals surface area contributed by atoms with E-state index in [1.807, 2.05) is 12.1 Å². The molecule has 30 heavy (non-hydrogen) atoms. The zero-order chi connectivity index (χ0) is 22.3. The monoisotopic (exact) mass is 419 g/mol. The van der Waals surface area contributed by atoms with Gasteiger partial charge in [0.1, 0.15) is 6.54 Å². The maximum atomic E-state index is 13.9. The van der Waals surface area contributed by atoms with Crippen molar-refractivity contribution in [3.05, 3.63) is 47.2 Å². The number of aromatic nitrogens is 3. The van der Waals surface area contributed by atoms with E-state index in [0.29, 0.717) is 5.56 Å². The van der Waals surface area contributed by atoms with Crippen molar-refractivity contribution in [1.29, 1.82) is 0 Å². The standard InChI is InChI=1S/C22H24F3N3O2/c1-6-30-18(29)12-28-20-19(13(2)27-28)16(22(23,24)25)11-17(26-20)14-7-9-15(10-8-14)21(3,4)5/h7-11H,6,12H2,1-5H3.